The Morgan fingerprint density at radius 3 is 2.14 bits per heavy atom. The van der Waals surface area contributed by atoms with Gasteiger partial charge in [-0.05, 0) is 48.0 Å². The Kier molecular flexibility index (Phi) is 6.37. The van der Waals surface area contributed by atoms with Gasteiger partial charge in [0.1, 0.15) is 16.8 Å². The molecule has 0 saturated heterocycles. The summed E-state index contributed by atoms with van der Waals surface area (Å²) in [5, 5.41) is 12.2. The number of nitrogens with zero attached hydrogens (tertiary/aromatic N) is 2. The fraction of sp³-hybridized carbons (Fsp3) is 0.182. The zero-order valence-electron chi connectivity index (χ0n) is 16.6. The average molecular weight is 408 g/mol. The van der Waals surface area contributed by atoms with Gasteiger partial charge in [-0.2, -0.15) is 5.26 Å². The van der Waals surface area contributed by atoms with Gasteiger partial charge in [-0.25, -0.2) is 4.98 Å². The predicted molar refractivity (Wildman–Crippen MR) is 114 cm³/mol. The highest BCUT2D eigenvalue weighted by Gasteiger charge is 2.14. The fourth-order valence-electron chi connectivity index (χ4n) is 2.79. The molecule has 0 amide bonds. The maximum Gasteiger partial charge on any atom is 0.203 e. The van der Waals surface area contributed by atoms with Crippen molar-refractivity contribution < 1.29 is 18.9 Å². The molecule has 1 aromatic heterocycles. The molecule has 0 atom stereocenters. The van der Waals surface area contributed by atoms with E-state index in [1.165, 1.54) is 11.3 Å². The number of allylic oxidation sites excluding steroid dienone is 1. The van der Waals surface area contributed by atoms with Crippen LogP contribution in [-0.4, -0.2) is 33.4 Å². The quantitative estimate of drug-likeness (QED) is 0.517. The van der Waals surface area contributed by atoms with E-state index in [1.807, 2.05) is 29.6 Å². The van der Waals surface area contributed by atoms with Crippen molar-refractivity contribution in [3.63, 3.8) is 0 Å². The highest BCUT2D eigenvalue weighted by atomic mass is 32.1. The first kappa shape index (κ1) is 20.2. The molecule has 0 bridgehead atoms. The Morgan fingerprint density at radius 1 is 0.966 bits per heavy atom. The zero-order chi connectivity index (χ0) is 20.8. The van der Waals surface area contributed by atoms with Crippen molar-refractivity contribution in [3.8, 4) is 40.3 Å². The first-order valence-electron chi connectivity index (χ1n) is 8.65. The van der Waals surface area contributed by atoms with Crippen LogP contribution in [0, 0.1) is 11.3 Å². The molecular weight excluding hydrogens is 388 g/mol. The van der Waals surface area contributed by atoms with Crippen LogP contribution >= 0.6 is 11.3 Å². The Balaban J connectivity index is 1.97. The van der Waals surface area contributed by atoms with E-state index < -0.39 is 0 Å². The zero-order valence-corrected chi connectivity index (χ0v) is 17.4. The van der Waals surface area contributed by atoms with Gasteiger partial charge in [-0.3, -0.25) is 0 Å². The number of hydrogen-bond acceptors (Lipinski definition) is 7. The van der Waals surface area contributed by atoms with Gasteiger partial charge in [0.25, 0.3) is 0 Å². The van der Waals surface area contributed by atoms with Gasteiger partial charge in [0.05, 0.1) is 39.7 Å². The van der Waals surface area contributed by atoms with Crippen LogP contribution in [-0.2, 0) is 0 Å². The first-order chi connectivity index (χ1) is 14.1. The molecule has 0 aliphatic carbocycles. The lowest BCUT2D eigenvalue weighted by Crippen LogP contribution is -1.95. The number of nitriles is 1. The first-order valence-corrected chi connectivity index (χ1v) is 9.53. The third-order valence-corrected chi connectivity index (χ3v) is 5.11. The van der Waals surface area contributed by atoms with E-state index in [0.717, 1.165) is 22.6 Å². The Labute approximate surface area is 173 Å². The maximum absolute atomic E-state index is 9.69. The van der Waals surface area contributed by atoms with Crippen molar-refractivity contribution in [3.05, 3.63) is 52.3 Å². The normalized spacial score (nSPS) is 10.9. The molecule has 0 radical (unpaired) electrons. The van der Waals surface area contributed by atoms with Crippen LogP contribution in [0.4, 0.5) is 0 Å². The van der Waals surface area contributed by atoms with Gasteiger partial charge in [-0.15, -0.1) is 11.3 Å². The highest BCUT2D eigenvalue weighted by Crippen LogP contribution is 2.39. The van der Waals surface area contributed by atoms with Crippen molar-refractivity contribution in [1.29, 1.82) is 5.26 Å². The van der Waals surface area contributed by atoms with Crippen LogP contribution in [0.1, 0.15) is 10.6 Å². The average Bonchev–Trinajstić information content (AvgIpc) is 3.26. The molecule has 3 rings (SSSR count). The van der Waals surface area contributed by atoms with Gasteiger partial charge in [0, 0.05) is 10.9 Å². The standard InChI is InChI=1S/C22H20N2O4S/c1-25-17-7-5-15(6-8-17)18-13-29-22(24-18)16(12-23)9-14-10-19(26-2)21(28-4)20(11-14)27-3/h5-11,13H,1-4H3/b16-9-. The molecule has 0 spiro atoms. The second-order valence-electron chi connectivity index (χ2n) is 5.89. The van der Waals surface area contributed by atoms with E-state index in [0.29, 0.717) is 27.8 Å². The van der Waals surface area contributed by atoms with Gasteiger partial charge < -0.3 is 18.9 Å². The van der Waals surface area contributed by atoms with E-state index in [1.54, 1.807) is 46.6 Å². The lowest BCUT2D eigenvalue weighted by atomic mass is 10.1. The van der Waals surface area contributed by atoms with Gasteiger partial charge in [0.2, 0.25) is 5.75 Å². The molecular formula is C22H20N2O4S. The summed E-state index contributed by atoms with van der Waals surface area (Å²) < 4.78 is 21.3. The van der Waals surface area contributed by atoms with Crippen LogP contribution in [0.3, 0.4) is 0 Å². The van der Waals surface area contributed by atoms with Crippen molar-refractivity contribution in [2.45, 2.75) is 0 Å². The van der Waals surface area contributed by atoms with Crippen LogP contribution in [0.2, 0.25) is 0 Å². The highest BCUT2D eigenvalue weighted by molar-refractivity contribution is 7.11. The minimum absolute atomic E-state index is 0.448. The number of rotatable bonds is 7. The van der Waals surface area contributed by atoms with Crippen LogP contribution < -0.4 is 18.9 Å². The molecule has 148 valence electrons. The molecule has 3 aromatic rings. The largest absolute Gasteiger partial charge is 0.497 e. The summed E-state index contributed by atoms with van der Waals surface area (Å²) in [4.78, 5) is 4.62. The van der Waals surface area contributed by atoms with Crippen LogP contribution in [0.5, 0.6) is 23.0 Å². The second kappa shape index (κ2) is 9.13. The summed E-state index contributed by atoms with van der Waals surface area (Å²) in [6.07, 6.45) is 1.75. The van der Waals surface area contributed by atoms with E-state index in [2.05, 4.69) is 11.1 Å². The number of methoxy groups -OCH3 is 4. The van der Waals surface area contributed by atoms with E-state index in [-0.39, 0.29) is 0 Å². The molecule has 2 aromatic carbocycles. The predicted octanol–water partition coefficient (Wildman–Crippen LogP) is 4.91. The molecule has 7 heteroatoms. The van der Waals surface area contributed by atoms with Crippen molar-refractivity contribution >= 4 is 23.0 Å². The summed E-state index contributed by atoms with van der Waals surface area (Å²) in [7, 11) is 6.28. The molecule has 0 saturated carbocycles. The van der Waals surface area contributed by atoms with Gasteiger partial charge in [0.15, 0.2) is 11.5 Å². The molecule has 0 N–H and O–H groups in total. The minimum atomic E-state index is 0.448. The van der Waals surface area contributed by atoms with Gasteiger partial charge >= 0.3 is 0 Å². The minimum Gasteiger partial charge on any atom is -0.497 e. The molecule has 29 heavy (non-hydrogen) atoms. The van der Waals surface area contributed by atoms with E-state index in [4.69, 9.17) is 18.9 Å². The van der Waals surface area contributed by atoms with E-state index >= 15 is 0 Å². The Bertz CT molecular complexity index is 1040. The number of aromatic nitrogens is 1. The van der Waals surface area contributed by atoms with Gasteiger partial charge in [-0.1, -0.05) is 0 Å². The molecule has 0 aliphatic rings. The SMILES string of the molecule is COc1ccc(-c2csc(/C(C#N)=C\c3cc(OC)c(OC)c(OC)c3)n2)cc1. The van der Waals surface area contributed by atoms with E-state index in [9.17, 15) is 5.26 Å². The smallest absolute Gasteiger partial charge is 0.203 e. The molecule has 0 unspecified atom stereocenters. The molecule has 1 heterocycles. The third kappa shape index (κ3) is 4.33. The lowest BCUT2D eigenvalue weighted by molar-refractivity contribution is 0.324. The monoisotopic (exact) mass is 408 g/mol. The second-order valence-corrected chi connectivity index (χ2v) is 6.75. The third-order valence-electron chi connectivity index (χ3n) is 4.24. The fourth-order valence-corrected chi connectivity index (χ4v) is 3.58. The van der Waals surface area contributed by atoms with Crippen LogP contribution in [0.25, 0.3) is 22.9 Å². The summed E-state index contributed by atoms with van der Waals surface area (Å²) in [5.41, 5.74) is 2.96. The van der Waals surface area contributed by atoms with Crippen LogP contribution in [0.15, 0.2) is 41.8 Å². The molecule has 0 fully saturated rings. The lowest BCUT2D eigenvalue weighted by Gasteiger charge is -2.13. The number of ether oxygens (including phenoxy) is 4. The summed E-state index contributed by atoms with van der Waals surface area (Å²) in [6, 6.07) is 13.4. The maximum atomic E-state index is 9.69. The van der Waals surface area contributed by atoms with Crippen molar-refractivity contribution in [1.82, 2.24) is 4.98 Å². The topological polar surface area (TPSA) is 73.6 Å². The number of hydrogen-bond donors (Lipinski definition) is 0. The summed E-state index contributed by atoms with van der Waals surface area (Å²) in [5.74, 6) is 2.33. The molecule has 0 aliphatic heterocycles. The number of benzene rings is 2. The Morgan fingerprint density at radius 2 is 1.62 bits per heavy atom. The Hall–Kier alpha value is -3.50. The number of thiazole rings is 1. The van der Waals surface area contributed by atoms with Crippen molar-refractivity contribution in [2.75, 3.05) is 28.4 Å². The van der Waals surface area contributed by atoms with Crippen molar-refractivity contribution in [2.24, 2.45) is 0 Å². The molecule has 6 nitrogen and oxygen atoms in total. The summed E-state index contributed by atoms with van der Waals surface area (Å²) in [6.45, 7) is 0. The summed E-state index contributed by atoms with van der Waals surface area (Å²) >= 11 is 1.41.